The predicted octanol–water partition coefficient (Wildman–Crippen LogP) is 1.77. The van der Waals surface area contributed by atoms with Crippen molar-refractivity contribution in [1.29, 1.82) is 0 Å². The molecule has 17 heavy (non-hydrogen) atoms. The van der Waals surface area contributed by atoms with Crippen molar-refractivity contribution in [1.82, 2.24) is 0 Å². The van der Waals surface area contributed by atoms with Gasteiger partial charge in [-0.1, -0.05) is 0 Å². The molecule has 1 aliphatic rings. The number of amides is 1. The summed E-state index contributed by atoms with van der Waals surface area (Å²) in [6, 6.07) is 4.06. The van der Waals surface area contributed by atoms with Gasteiger partial charge in [-0.2, -0.15) is 0 Å². The number of carbonyl (C=O) groups excluding carboxylic acids is 1. The van der Waals surface area contributed by atoms with Gasteiger partial charge >= 0.3 is 0 Å². The molecule has 0 spiro atoms. The van der Waals surface area contributed by atoms with Crippen LogP contribution in [0.2, 0.25) is 0 Å². The molecule has 5 heteroatoms. The molecule has 0 aromatic heterocycles. The van der Waals surface area contributed by atoms with E-state index in [4.69, 9.17) is 10.5 Å². The Morgan fingerprint density at radius 1 is 1.53 bits per heavy atom. The molecular formula is C12H15FN2O2. The smallest absolute Gasteiger partial charge is 0.250 e. The lowest BCUT2D eigenvalue weighted by atomic mass is 10.2. The zero-order valence-electron chi connectivity index (χ0n) is 9.41. The molecule has 0 unspecified atom stereocenters. The SMILES string of the molecule is Nc1cc(NC(=O)COCC2CC2)ccc1F. The van der Waals surface area contributed by atoms with Gasteiger partial charge in [0.25, 0.3) is 0 Å². The van der Waals surface area contributed by atoms with Crippen LogP contribution in [0.15, 0.2) is 18.2 Å². The molecule has 0 saturated heterocycles. The Balaban J connectivity index is 1.77. The van der Waals surface area contributed by atoms with Gasteiger partial charge in [0.1, 0.15) is 12.4 Å². The van der Waals surface area contributed by atoms with Crippen molar-refractivity contribution in [2.75, 3.05) is 24.3 Å². The third-order valence-electron chi connectivity index (χ3n) is 2.56. The molecular weight excluding hydrogens is 223 g/mol. The number of ether oxygens (including phenoxy) is 1. The summed E-state index contributed by atoms with van der Waals surface area (Å²) in [4.78, 5) is 11.4. The Bertz CT molecular complexity index is 419. The first-order valence-electron chi connectivity index (χ1n) is 5.58. The van der Waals surface area contributed by atoms with Crippen LogP contribution in [0.3, 0.4) is 0 Å². The van der Waals surface area contributed by atoms with Gasteiger partial charge in [-0.15, -0.1) is 0 Å². The van der Waals surface area contributed by atoms with Crippen LogP contribution >= 0.6 is 0 Å². The van der Waals surface area contributed by atoms with Gasteiger partial charge in [-0.05, 0) is 37.0 Å². The zero-order chi connectivity index (χ0) is 12.3. The van der Waals surface area contributed by atoms with Gasteiger partial charge in [0.05, 0.1) is 12.3 Å². The molecule has 4 nitrogen and oxygen atoms in total. The van der Waals surface area contributed by atoms with Gasteiger partial charge in [-0.3, -0.25) is 4.79 Å². The minimum atomic E-state index is -0.493. The topological polar surface area (TPSA) is 64.3 Å². The zero-order valence-corrected chi connectivity index (χ0v) is 9.41. The highest BCUT2D eigenvalue weighted by molar-refractivity contribution is 5.92. The summed E-state index contributed by atoms with van der Waals surface area (Å²) in [5, 5.41) is 2.59. The van der Waals surface area contributed by atoms with E-state index in [1.54, 1.807) is 0 Å². The molecule has 1 aliphatic carbocycles. The number of carbonyl (C=O) groups is 1. The fourth-order valence-corrected chi connectivity index (χ4v) is 1.42. The highest BCUT2D eigenvalue weighted by Crippen LogP contribution is 2.28. The molecule has 3 N–H and O–H groups in total. The molecule has 1 amide bonds. The second-order valence-electron chi connectivity index (χ2n) is 4.24. The lowest BCUT2D eigenvalue weighted by Gasteiger charge is -2.06. The van der Waals surface area contributed by atoms with Crippen molar-refractivity contribution >= 4 is 17.3 Å². The molecule has 0 atom stereocenters. The Morgan fingerprint density at radius 2 is 2.29 bits per heavy atom. The number of anilines is 2. The predicted molar refractivity (Wildman–Crippen MR) is 63.0 cm³/mol. The number of nitrogen functional groups attached to an aromatic ring is 1. The van der Waals surface area contributed by atoms with Crippen LogP contribution in [0.4, 0.5) is 15.8 Å². The number of hydrogen-bond donors (Lipinski definition) is 2. The van der Waals surface area contributed by atoms with Crippen molar-refractivity contribution in [2.24, 2.45) is 5.92 Å². The Labute approximate surface area is 98.9 Å². The summed E-state index contributed by atoms with van der Waals surface area (Å²) >= 11 is 0. The van der Waals surface area contributed by atoms with Crippen LogP contribution in [0, 0.1) is 11.7 Å². The van der Waals surface area contributed by atoms with Crippen LogP contribution < -0.4 is 11.1 Å². The number of nitrogens with two attached hydrogens (primary N) is 1. The molecule has 0 bridgehead atoms. The normalized spacial score (nSPS) is 14.6. The second-order valence-corrected chi connectivity index (χ2v) is 4.24. The second kappa shape index (κ2) is 5.14. The van der Waals surface area contributed by atoms with Crippen LogP contribution in [-0.4, -0.2) is 19.1 Å². The molecule has 1 aromatic carbocycles. The van der Waals surface area contributed by atoms with Crippen molar-refractivity contribution in [2.45, 2.75) is 12.8 Å². The molecule has 92 valence electrons. The monoisotopic (exact) mass is 238 g/mol. The summed E-state index contributed by atoms with van der Waals surface area (Å²) in [6.45, 7) is 0.659. The Morgan fingerprint density at radius 3 is 2.94 bits per heavy atom. The van der Waals surface area contributed by atoms with E-state index in [9.17, 15) is 9.18 Å². The van der Waals surface area contributed by atoms with E-state index in [-0.39, 0.29) is 18.2 Å². The first-order valence-corrected chi connectivity index (χ1v) is 5.58. The highest BCUT2D eigenvalue weighted by Gasteiger charge is 2.21. The fraction of sp³-hybridized carbons (Fsp3) is 0.417. The first-order chi connectivity index (χ1) is 8.15. The summed E-state index contributed by atoms with van der Waals surface area (Å²) in [5.74, 6) is -0.117. The maximum absolute atomic E-state index is 12.9. The standard InChI is InChI=1S/C12H15FN2O2/c13-10-4-3-9(5-11(10)14)15-12(16)7-17-6-8-1-2-8/h3-5,8H,1-2,6-7,14H2,(H,15,16). The minimum Gasteiger partial charge on any atom is -0.396 e. The third kappa shape index (κ3) is 3.71. The van der Waals surface area contributed by atoms with Crippen molar-refractivity contribution < 1.29 is 13.9 Å². The maximum Gasteiger partial charge on any atom is 0.250 e. The van der Waals surface area contributed by atoms with Crippen molar-refractivity contribution in [3.63, 3.8) is 0 Å². The van der Waals surface area contributed by atoms with Gasteiger partial charge in [0, 0.05) is 5.69 Å². The maximum atomic E-state index is 12.9. The molecule has 2 rings (SSSR count). The molecule has 1 aromatic rings. The largest absolute Gasteiger partial charge is 0.396 e. The average molecular weight is 238 g/mol. The average Bonchev–Trinajstić information content (AvgIpc) is 3.07. The van der Waals surface area contributed by atoms with E-state index in [2.05, 4.69) is 5.32 Å². The van der Waals surface area contributed by atoms with E-state index < -0.39 is 5.82 Å². The molecule has 0 radical (unpaired) electrons. The molecule has 1 fully saturated rings. The van der Waals surface area contributed by atoms with Crippen LogP contribution in [0.25, 0.3) is 0 Å². The van der Waals surface area contributed by atoms with Gasteiger partial charge < -0.3 is 15.8 Å². The fourth-order valence-electron chi connectivity index (χ4n) is 1.42. The number of halogens is 1. The van der Waals surface area contributed by atoms with Crippen molar-refractivity contribution in [3.05, 3.63) is 24.0 Å². The number of benzene rings is 1. The Hall–Kier alpha value is -1.62. The van der Waals surface area contributed by atoms with E-state index in [0.29, 0.717) is 18.2 Å². The summed E-state index contributed by atoms with van der Waals surface area (Å²) < 4.78 is 18.1. The lowest BCUT2D eigenvalue weighted by molar-refractivity contribution is -0.120. The summed E-state index contributed by atoms with van der Waals surface area (Å²) in [7, 11) is 0. The van der Waals surface area contributed by atoms with E-state index >= 15 is 0 Å². The summed E-state index contributed by atoms with van der Waals surface area (Å²) in [5.41, 5.74) is 5.88. The molecule has 0 aliphatic heterocycles. The Kier molecular flexibility index (Phi) is 3.58. The first kappa shape index (κ1) is 11.9. The minimum absolute atomic E-state index is 0.0155. The molecule has 0 heterocycles. The van der Waals surface area contributed by atoms with Crippen LogP contribution in [0.5, 0.6) is 0 Å². The van der Waals surface area contributed by atoms with Crippen molar-refractivity contribution in [3.8, 4) is 0 Å². The number of rotatable bonds is 5. The van der Waals surface area contributed by atoms with Gasteiger partial charge in [-0.25, -0.2) is 4.39 Å². The van der Waals surface area contributed by atoms with E-state index in [1.807, 2.05) is 0 Å². The van der Waals surface area contributed by atoms with Gasteiger partial charge in [0.15, 0.2) is 0 Å². The number of hydrogen-bond acceptors (Lipinski definition) is 3. The lowest BCUT2D eigenvalue weighted by Crippen LogP contribution is -2.19. The number of nitrogens with one attached hydrogen (secondary N) is 1. The van der Waals surface area contributed by atoms with Crippen LogP contribution in [-0.2, 0) is 9.53 Å². The highest BCUT2D eigenvalue weighted by atomic mass is 19.1. The third-order valence-corrected chi connectivity index (χ3v) is 2.56. The summed E-state index contributed by atoms with van der Waals surface area (Å²) in [6.07, 6.45) is 2.38. The quantitative estimate of drug-likeness (QED) is 0.768. The van der Waals surface area contributed by atoms with E-state index in [0.717, 1.165) is 0 Å². The van der Waals surface area contributed by atoms with Crippen LogP contribution in [0.1, 0.15) is 12.8 Å². The van der Waals surface area contributed by atoms with E-state index in [1.165, 1.54) is 31.0 Å². The molecule has 1 saturated carbocycles. The van der Waals surface area contributed by atoms with Gasteiger partial charge in [0.2, 0.25) is 5.91 Å².